The molecule has 0 saturated heterocycles. The molecule has 2 aromatic carbocycles. The average Bonchev–Trinajstić information content (AvgIpc) is 3.39. The van der Waals surface area contributed by atoms with Gasteiger partial charge in [0.1, 0.15) is 13.1 Å². The molecule has 0 bridgehead atoms. The fraction of sp³-hybridized carbons (Fsp3) is 0.0833. The van der Waals surface area contributed by atoms with Gasteiger partial charge < -0.3 is 19.3 Å². The lowest BCUT2D eigenvalue weighted by atomic mass is 9.95. The Morgan fingerprint density at radius 3 is 1.48 bits per heavy atom. The van der Waals surface area contributed by atoms with E-state index in [0.29, 0.717) is 32.9 Å². The topological polar surface area (TPSA) is 131 Å². The van der Waals surface area contributed by atoms with Crippen LogP contribution in [0.3, 0.4) is 0 Å². The number of aromatic nitrogens is 2. The Bertz CT molecular complexity index is 1420. The molecule has 164 valence electrons. The second kappa shape index (κ2) is 7.49. The number of carbonyl (C=O) groups is 4. The maximum atomic E-state index is 12.9. The predicted molar refractivity (Wildman–Crippen MR) is 119 cm³/mol. The Morgan fingerprint density at radius 2 is 1.09 bits per heavy atom. The third-order valence-corrected chi connectivity index (χ3v) is 5.66. The van der Waals surface area contributed by atoms with E-state index in [4.69, 9.17) is 0 Å². The van der Waals surface area contributed by atoms with Gasteiger partial charge in [-0.1, -0.05) is 36.4 Å². The first-order valence-corrected chi connectivity index (χ1v) is 10.0. The summed E-state index contributed by atoms with van der Waals surface area (Å²) in [5.41, 5.74) is 2.34. The van der Waals surface area contributed by atoms with E-state index >= 15 is 0 Å². The van der Waals surface area contributed by atoms with Gasteiger partial charge in [-0.3, -0.25) is 24.5 Å². The van der Waals surface area contributed by atoms with E-state index in [1.54, 1.807) is 60.9 Å². The minimum atomic E-state index is -1.04. The monoisotopic (exact) mass is 443 g/mol. The normalized spacial score (nSPS) is 13.8. The summed E-state index contributed by atoms with van der Waals surface area (Å²) in [4.78, 5) is 48.6. The summed E-state index contributed by atoms with van der Waals surface area (Å²) < 4.78 is 3.03. The molecule has 2 aromatic heterocycles. The maximum absolute atomic E-state index is 12.9. The third kappa shape index (κ3) is 3.26. The molecular weight excluding hydrogens is 426 g/mol. The molecule has 4 aromatic rings. The molecule has 9 nitrogen and oxygen atoms in total. The van der Waals surface area contributed by atoms with Crippen molar-refractivity contribution < 1.29 is 29.4 Å². The van der Waals surface area contributed by atoms with Crippen LogP contribution in [-0.4, -0.2) is 43.1 Å². The lowest BCUT2D eigenvalue weighted by molar-refractivity contribution is -0.138. The van der Waals surface area contributed by atoms with Crippen LogP contribution in [0.4, 0.5) is 0 Å². The molecule has 3 N–H and O–H groups in total. The number of nitrogens with one attached hydrogen (secondary N) is 1. The summed E-state index contributed by atoms with van der Waals surface area (Å²) in [6.45, 7) is -0.618. The zero-order valence-corrected chi connectivity index (χ0v) is 17.1. The van der Waals surface area contributed by atoms with Crippen LogP contribution in [0.2, 0.25) is 0 Å². The van der Waals surface area contributed by atoms with Crippen molar-refractivity contribution in [1.29, 1.82) is 0 Å². The molecule has 5 rings (SSSR count). The van der Waals surface area contributed by atoms with Crippen LogP contribution in [0, 0.1) is 0 Å². The van der Waals surface area contributed by atoms with E-state index in [1.807, 2.05) is 0 Å². The van der Waals surface area contributed by atoms with Crippen molar-refractivity contribution in [3.8, 4) is 0 Å². The summed E-state index contributed by atoms with van der Waals surface area (Å²) in [6, 6.07) is 14.1. The van der Waals surface area contributed by atoms with E-state index in [2.05, 4.69) is 5.32 Å². The van der Waals surface area contributed by atoms with Gasteiger partial charge in [-0.05, 0) is 12.1 Å². The van der Waals surface area contributed by atoms with E-state index < -0.39 is 23.8 Å². The van der Waals surface area contributed by atoms with Gasteiger partial charge in [-0.2, -0.15) is 0 Å². The van der Waals surface area contributed by atoms with Crippen molar-refractivity contribution in [3.63, 3.8) is 0 Å². The Morgan fingerprint density at radius 1 is 0.697 bits per heavy atom. The van der Waals surface area contributed by atoms with Gasteiger partial charge >= 0.3 is 11.9 Å². The van der Waals surface area contributed by atoms with Gasteiger partial charge in [0.2, 0.25) is 0 Å². The summed E-state index contributed by atoms with van der Waals surface area (Å²) in [7, 11) is 0. The molecule has 0 spiro atoms. The van der Waals surface area contributed by atoms with Crippen LogP contribution in [0.15, 0.2) is 60.9 Å². The van der Waals surface area contributed by atoms with Crippen LogP contribution in [0.25, 0.3) is 33.0 Å². The lowest BCUT2D eigenvalue weighted by Gasteiger charge is -2.03. The molecule has 0 radical (unpaired) electrons. The number of rotatable bonds is 6. The number of amides is 2. The Kier molecular flexibility index (Phi) is 4.59. The molecule has 33 heavy (non-hydrogen) atoms. The van der Waals surface area contributed by atoms with Gasteiger partial charge in [0.05, 0.1) is 11.1 Å². The molecule has 3 heterocycles. The number of carboxylic acid groups (broad SMARTS) is 2. The first-order chi connectivity index (χ1) is 15.8. The highest BCUT2D eigenvalue weighted by atomic mass is 16.4. The number of hydrogen-bond acceptors (Lipinski definition) is 4. The van der Waals surface area contributed by atoms with E-state index in [-0.39, 0.29) is 24.2 Å². The van der Waals surface area contributed by atoms with Crippen molar-refractivity contribution in [1.82, 2.24) is 14.5 Å². The van der Waals surface area contributed by atoms with Crippen molar-refractivity contribution in [2.24, 2.45) is 0 Å². The zero-order valence-electron chi connectivity index (χ0n) is 17.1. The summed E-state index contributed by atoms with van der Waals surface area (Å²) in [6.07, 6.45) is 3.12. The molecule has 0 unspecified atom stereocenters. The highest BCUT2D eigenvalue weighted by Crippen LogP contribution is 2.38. The zero-order chi connectivity index (χ0) is 23.3. The molecular formula is C24H17N3O6. The number of carboxylic acids is 2. The molecule has 0 aliphatic carbocycles. The first kappa shape index (κ1) is 20.3. The third-order valence-electron chi connectivity index (χ3n) is 5.66. The van der Waals surface area contributed by atoms with Gasteiger partial charge in [-0.25, -0.2) is 0 Å². The minimum absolute atomic E-state index is 0.124. The van der Waals surface area contributed by atoms with E-state index in [0.717, 1.165) is 0 Å². The Balaban J connectivity index is 1.81. The van der Waals surface area contributed by atoms with Crippen LogP contribution in [0.1, 0.15) is 11.1 Å². The Hall–Kier alpha value is -4.66. The Labute approximate surface area is 186 Å². The van der Waals surface area contributed by atoms with Crippen LogP contribution in [-0.2, 0) is 32.3 Å². The first-order valence-electron chi connectivity index (χ1n) is 10.0. The number of aliphatic carboxylic acids is 2. The largest absolute Gasteiger partial charge is 0.480 e. The van der Waals surface area contributed by atoms with Crippen LogP contribution in [0.5, 0.6) is 0 Å². The van der Waals surface area contributed by atoms with Crippen molar-refractivity contribution >= 4 is 56.7 Å². The van der Waals surface area contributed by atoms with Gasteiger partial charge in [0, 0.05) is 45.3 Å². The minimum Gasteiger partial charge on any atom is -0.480 e. The van der Waals surface area contributed by atoms with Gasteiger partial charge in [0.25, 0.3) is 11.8 Å². The molecule has 9 heteroatoms. The van der Waals surface area contributed by atoms with Gasteiger partial charge in [0.15, 0.2) is 0 Å². The van der Waals surface area contributed by atoms with E-state index in [1.165, 1.54) is 9.13 Å². The smallest absolute Gasteiger partial charge is 0.323 e. The van der Waals surface area contributed by atoms with Crippen LogP contribution < -0.4 is 5.32 Å². The van der Waals surface area contributed by atoms with Gasteiger partial charge in [-0.15, -0.1) is 0 Å². The molecule has 0 saturated carbocycles. The molecule has 0 fully saturated rings. The molecule has 0 atom stereocenters. The number of para-hydroxylation sites is 2. The number of nitrogens with zero attached hydrogens (tertiary/aromatic N) is 2. The molecule has 2 amide bonds. The predicted octanol–water partition coefficient (Wildman–Crippen LogP) is 2.33. The highest BCUT2D eigenvalue weighted by molar-refractivity contribution is 6.50. The highest BCUT2D eigenvalue weighted by Gasteiger charge is 2.35. The fourth-order valence-corrected chi connectivity index (χ4v) is 4.41. The number of imide groups is 1. The van der Waals surface area contributed by atoms with E-state index in [9.17, 15) is 29.4 Å². The SMILES string of the molecule is O=C(O)Cn1cc(C2=C(c3cn(CC(=O)O)c4ccccc34)C(=O)NC2=O)c2ccccc21. The summed E-state index contributed by atoms with van der Waals surface area (Å²) >= 11 is 0. The molecule has 1 aliphatic heterocycles. The maximum Gasteiger partial charge on any atom is 0.323 e. The van der Waals surface area contributed by atoms with Crippen LogP contribution >= 0.6 is 0 Å². The quantitative estimate of drug-likeness (QED) is 0.392. The second-order valence-electron chi connectivity index (χ2n) is 7.70. The summed E-state index contributed by atoms with van der Waals surface area (Å²) in [5.74, 6) is -3.27. The van der Waals surface area contributed by atoms with Crippen molar-refractivity contribution in [2.75, 3.05) is 0 Å². The summed E-state index contributed by atoms with van der Waals surface area (Å²) in [5, 5.41) is 22.2. The molecule has 1 aliphatic rings. The second-order valence-corrected chi connectivity index (χ2v) is 7.70. The number of carbonyl (C=O) groups excluding carboxylic acids is 2. The fourth-order valence-electron chi connectivity index (χ4n) is 4.41. The van der Waals surface area contributed by atoms with Crippen molar-refractivity contribution in [2.45, 2.75) is 13.1 Å². The number of fused-ring (bicyclic) bond motifs is 2. The van der Waals surface area contributed by atoms with Crippen molar-refractivity contribution in [3.05, 3.63) is 72.1 Å². The number of hydrogen-bond donors (Lipinski definition) is 3. The lowest BCUT2D eigenvalue weighted by Crippen LogP contribution is -2.22. The standard InChI is InChI=1S/C24H17N3O6/c28-19(29)11-26-9-15(13-5-1-3-7-17(13)26)21-22(24(33)25-23(21)32)16-10-27(12-20(30)31)18-8-4-2-6-14(16)18/h1-10H,11-12H2,(H,28,29)(H,30,31)(H,25,32,33). The number of benzene rings is 2. The average molecular weight is 443 g/mol.